The summed E-state index contributed by atoms with van der Waals surface area (Å²) in [7, 11) is 1.68. The maximum absolute atomic E-state index is 13.2. The molecule has 0 spiro atoms. The molecule has 7 heteroatoms. The predicted molar refractivity (Wildman–Crippen MR) is 150 cm³/mol. The molecule has 38 heavy (non-hydrogen) atoms. The van der Waals surface area contributed by atoms with Crippen molar-refractivity contribution in [3.05, 3.63) is 103 Å². The second-order valence-electron chi connectivity index (χ2n) is 9.44. The number of para-hydroxylation sites is 2. The number of anilines is 1. The van der Waals surface area contributed by atoms with Crippen LogP contribution in [0.4, 0.5) is 5.82 Å². The highest BCUT2D eigenvalue weighted by molar-refractivity contribution is 6.02. The molecule has 0 unspecified atom stereocenters. The molecule has 0 aliphatic carbocycles. The van der Waals surface area contributed by atoms with Gasteiger partial charge in [-0.15, -0.1) is 0 Å². The van der Waals surface area contributed by atoms with Gasteiger partial charge in [-0.3, -0.25) is 9.36 Å². The second-order valence-corrected chi connectivity index (χ2v) is 9.44. The highest BCUT2D eigenvalue weighted by Crippen LogP contribution is 2.38. The Morgan fingerprint density at radius 1 is 0.842 bits per heavy atom. The number of fused-ring (bicyclic) bond motifs is 1. The molecule has 5 aromatic rings. The number of carbonyl (C=O) groups is 1. The SMILES string of the molecule is COc1ccccc1-n1cc(-c2ccccc2)c2c(N3CCN(C(=O)c4ccccc4C)CC3)ncnc21. The van der Waals surface area contributed by atoms with Crippen LogP contribution in [-0.4, -0.2) is 58.6 Å². The van der Waals surface area contributed by atoms with Crippen LogP contribution in [0.3, 0.4) is 0 Å². The van der Waals surface area contributed by atoms with Crippen molar-refractivity contribution in [3.8, 4) is 22.6 Å². The molecule has 1 aliphatic rings. The van der Waals surface area contributed by atoms with Gasteiger partial charge in [0.05, 0.1) is 18.2 Å². The Kier molecular flexibility index (Phi) is 6.25. The number of aromatic nitrogens is 3. The molecular weight excluding hydrogens is 474 g/mol. The molecule has 1 amide bonds. The van der Waals surface area contributed by atoms with Gasteiger partial charge in [0.15, 0.2) is 5.65 Å². The number of rotatable bonds is 5. The Hall–Kier alpha value is -4.65. The number of methoxy groups -OCH3 is 1. The van der Waals surface area contributed by atoms with E-state index in [9.17, 15) is 4.79 Å². The molecular formula is C31H29N5O2. The van der Waals surface area contributed by atoms with Gasteiger partial charge in [0, 0.05) is 43.5 Å². The van der Waals surface area contributed by atoms with E-state index in [1.165, 1.54) is 0 Å². The fourth-order valence-electron chi connectivity index (χ4n) is 5.24. The number of nitrogens with zero attached hydrogens (tertiary/aromatic N) is 5. The van der Waals surface area contributed by atoms with Gasteiger partial charge in [0.25, 0.3) is 5.91 Å². The lowest BCUT2D eigenvalue weighted by atomic mass is 10.1. The Labute approximate surface area is 221 Å². The Balaban J connectivity index is 1.40. The average molecular weight is 504 g/mol. The van der Waals surface area contributed by atoms with Crippen LogP contribution in [0.25, 0.3) is 27.8 Å². The van der Waals surface area contributed by atoms with Crippen molar-refractivity contribution in [1.29, 1.82) is 0 Å². The van der Waals surface area contributed by atoms with Crippen molar-refractivity contribution in [3.63, 3.8) is 0 Å². The summed E-state index contributed by atoms with van der Waals surface area (Å²) >= 11 is 0. The van der Waals surface area contributed by atoms with Gasteiger partial charge in [-0.25, -0.2) is 9.97 Å². The van der Waals surface area contributed by atoms with E-state index in [4.69, 9.17) is 14.7 Å². The fourth-order valence-corrected chi connectivity index (χ4v) is 5.24. The molecule has 6 rings (SSSR count). The van der Waals surface area contributed by atoms with E-state index in [2.05, 4.69) is 27.8 Å². The third-order valence-electron chi connectivity index (χ3n) is 7.23. The lowest BCUT2D eigenvalue weighted by Crippen LogP contribution is -2.49. The predicted octanol–water partition coefficient (Wildman–Crippen LogP) is 5.37. The minimum atomic E-state index is 0.0860. The summed E-state index contributed by atoms with van der Waals surface area (Å²) in [6, 6.07) is 26.0. The van der Waals surface area contributed by atoms with Crippen molar-refractivity contribution in [1.82, 2.24) is 19.4 Å². The van der Waals surface area contributed by atoms with Crippen LogP contribution >= 0.6 is 0 Å². The number of ether oxygens (including phenoxy) is 1. The monoisotopic (exact) mass is 503 g/mol. The van der Waals surface area contributed by atoms with Crippen molar-refractivity contribution in [2.45, 2.75) is 6.92 Å². The van der Waals surface area contributed by atoms with Gasteiger partial charge in [-0.1, -0.05) is 60.7 Å². The van der Waals surface area contributed by atoms with E-state index in [0.717, 1.165) is 50.5 Å². The largest absolute Gasteiger partial charge is 0.495 e. The normalized spacial score (nSPS) is 13.6. The van der Waals surface area contributed by atoms with Crippen LogP contribution in [0.1, 0.15) is 15.9 Å². The Morgan fingerprint density at radius 2 is 1.55 bits per heavy atom. The molecule has 3 heterocycles. The number of piperazine rings is 1. The summed E-state index contributed by atoms with van der Waals surface area (Å²) in [4.78, 5) is 26.9. The van der Waals surface area contributed by atoms with Crippen LogP contribution in [0.2, 0.25) is 0 Å². The number of benzene rings is 3. The maximum atomic E-state index is 13.2. The van der Waals surface area contributed by atoms with Gasteiger partial charge < -0.3 is 14.5 Å². The van der Waals surface area contributed by atoms with Crippen LogP contribution in [-0.2, 0) is 0 Å². The third kappa shape index (κ3) is 4.16. The number of carbonyl (C=O) groups excluding carboxylic acids is 1. The van der Waals surface area contributed by atoms with Gasteiger partial charge in [-0.05, 0) is 36.2 Å². The van der Waals surface area contributed by atoms with E-state index < -0.39 is 0 Å². The standard InChI is InChI=1S/C31H29N5O2/c1-22-10-6-7-13-24(22)31(37)35-18-16-34(17-19-35)29-28-25(23-11-4-3-5-12-23)20-36(30(28)33-21-32-29)26-14-8-9-15-27(26)38-2/h3-15,20-21H,16-19H2,1-2H3. The number of hydrogen-bond donors (Lipinski definition) is 0. The highest BCUT2D eigenvalue weighted by atomic mass is 16.5. The van der Waals surface area contributed by atoms with Gasteiger partial charge >= 0.3 is 0 Å². The molecule has 0 N–H and O–H groups in total. The van der Waals surface area contributed by atoms with Gasteiger partial charge in [-0.2, -0.15) is 0 Å². The molecule has 1 fully saturated rings. The molecule has 7 nitrogen and oxygen atoms in total. The first kappa shape index (κ1) is 23.7. The smallest absolute Gasteiger partial charge is 0.254 e. The van der Waals surface area contributed by atoms with E-state index in [0.29, 0.717) is 26.2 Å². The molecule has 0 radical (unpaired) electrons. The number of aryl methyl sites for hydroxylation is 1. The van der Waals surface area contributed by atoms with Crippen LogP contribution in [0, 0.1) is 6.92 Å². The van der Waals surface area contributed by atoms with Crippen molar-refractivity contribution in [2.24, 2.45) is 0 Å². The Bertz CT molecular complexity index is 1600. The van der Waals surface area contributed by atoms with Crippen LogP contribution < -0.4 is 9.64 Å². The maximum Gasteiger partial charge on any atom is 0.254 e. The second kappa shape index (κ2) is 10.0. The van der Waals surface area contributed by atoms with Crippen molar-refractivity contribution < 1.29 is 9.53 Å². The quantitative estimate of drug-likeness (QED) is 0.323. The lowest BCUT2D eigenvalue weighted by molar-refractivity contribution is 0.0746. The van der Waals surface area contributed by atoms with Crippen LogP contribution in [0.15, 0.2) is 91.4 Å². The van der Waals surface area contributed by atoms with Gasteiger partial charge in [0.1, 0.15) is 17.9 Å². The first-order valence-electron chi connectivity index (χ1n) is 12.8. The molecule has 0 saturated carbocycles. The number of hydrogen-bond acceptors (Lipinski definition) is 5. The first-order valence-corrected chi connectivity index (χ1v) is 12.8. The molecule has 0 bridgehead atoms. The summed E-state index contributed by atoms with van der Waals surface area (Å²) in [6.45, 7) is 4.63. The van der Waals surface area contributed by atoms with Crippen LogP contribution in [0.5, 0.6) is 5.75 Å². The zero-order valence-corrected chi connectivity index (χ0v) is 21.5. The van der Waals surface area contributed by atoms with Gasteiger partial charge in [0.2, 0.25) is 0 Å². The third-order valence-corrected chi connectivity index (χ3v) is 7.23. The molecule has 190 valence electrons. The molecule has 2 aromatic heterocycles. The fraction of sp³-hybridized carbons (Fsp3) is 0.194. The lowest BCUT2D eigenvalue weighted by Gasteiger charge is -2.36. The molecule has 1 aliphatic heterocycles. The summed E-state index contributed by atoms with van der Waals surface area (Å²) in [5, 5.41) is 0.989. The summed E-state index contributed by atoms with van der Waals surface area (Å²) in [6.07, 6.45) is 3.75. The summed E-state index contributed by atoms with van der Waals surface area (Å²) in [5.41, 5.74) is 5.65. The van der Waals surface area contributed by atoms with E-state index in [1.807, 2.05) is 78.6 Å². The molecule has 3 aromatic carbocycles. The van der Waals surface area contributed by atoms with E-state index >= 15 is 0 Å². The number of amides is 1. The topological polar surface area (TPSA) is 63.5 Å². The van der Waals surface area contributed by atoms with E-state index in [1.54, 1.807) is 13.4 Å². The zero-order chi connectivity index (χ0) is 26.1. The summed E-state index contributed by atoms with van der Waals surface area (Å²) < 4.78 is 7.76. The van der Waals surface area contributed by atoms with Crippen molar-refractivity contribution >= 4 is 22.8 Å². The van der Waals surface area contributed by atoms with E-state index in [-0.39, 0.29) is 5.91 Å². The molecule has 1 saturated heterocycles. The minimum Gasteiger partial charge on any atom is -0.495 e. The summed E-state index contributed by atoms with van der Waals surface area (Å²) in [5.74, 6) is 1.74. The molecule has 0 atom stereocenters. The zero-order valence-electron chi connectivity index (χ0n) is 21.5. The average Bonchev–Trinajstić information content (AvgIpc) is 3.37. The highest BCUT2D eigenvalue weighted by Gasteiger charge is 2.27. The Morgan fingerprint density at radius 3 is 2.32 bits per heavy atom. The van der Waals surface area contributed by atoms with Crippen molar-refractivity contribution in [2.75, 3.05) is 38.2 Å². The first-order chi connectivity index (χ1) is 18.7. The minimum absolute atomic E-state index is 0.0860.